The number of hydrogen-bond acceptors (Lipinski definition) is 6. The Morgan fingerprint density at radius 2 is 1.86 bits per heavy atom. The van der Waals surface area contributed by atoms with Crippen molar-refractivity contribution in [3.05, 3.63) is 77.4 Å². The zero-order valence-electron chi connectivity index (χ0n) is 19.9. The Hall–Kier alpha value is -3.23. The maximum absolute atomic E-state index is 13.1. The minimum absolute atomic E-state index is 0.0171. The van der Waals surface area contributed by atoms with Crippen molar-refractivity contribution in [1.29, 1.82) is 0 Å². The number of Topliss-reactive ketones (excluding diaryl/α,β-unsaturated/α-hetero) is 1. The standard InChI is InChI=1S/C27H31FN4O3/c1-18-16-32(30-35-18)25-4-2-3-21(14-25)27(34)29-15-22-13-23(22)17-31-11-9-20(10-12-31)26(33)19-5-7-24(28)8-6-19/h2-8,14,16,20,22-23,30H,9-13,15,17H2,1H3,(H,29,34)/t22-,23-/m0/s1. The molecule has 1 amide bonds. The van der Waals surface area contributed by atoms with Gasteiger partial charge >= 0.3 is 0 Å². The summed E-state index contributed by atoms with van der Waals surface area (Å²) in [5.74, 6) is 1.59. The minimum Gasteiger partial charge on any atom is -0.392 e. The summed E-state index contributed by atoms with van der Waals surface area (Å²) in [6.45, 7) is 5.35. The van der Waals surface area contributed by atoms with Gasteiger partial charge in [-0.2, -0.15) is 0 Å². The summed E-state index contributed by atoms with van der Waals surface area (Å²) >= 11 is 0. The van der Waals surface area contributed by atoms with Crippen LogP contribution < -0.4 is 15.9 Å². The van der Waals surface area contributed by atoms with Crippen LogP contribution in [0.3, 0.4) is 0 Å². The van der Waals surface area contributed by atoms with Crippen LogP contribution in [0.15, 0.2) is 60.5 Å². The summed E-state index contributed by atoms with van der Waals surface area (Å²) in [5.41, 5.74) is 4.84. The average molecular weight is 479 g/mol. The maximum Gasteiger partial charge on any atom is 0.251 e. The van der Waals surface area contributed by atoms with E-state index in [0.717, 1.165) is 50.3 Å². The second-order valence-corrected chi connectivity index (χ2v) is 9.77. The molecule has 1 aliphatic carbocycles. The van der Waals surface area contributed by atoms with Gasteiger partial charge in [-0.05, 0) is 93.6 Å². The highest BCUT2D eigenvalue weighted by Crippen LogP contribution is 2.39. The summed E-state index contributed by atoms with van der Waals surface area (Å²) in [6.07, 6.45) is 4.62. The third-order valence-corrected chi connectivity index (χ3v) is 7.18. The number of nitrogens with one attached hydrogen (secondary N) is 2. The third-order valence-electron chi connectivity index (χ3n) is 7.18. The summed E-state index contributed by atoms with van der Waals surface area (Å²) in [7, 11) is 0. The van der Waals surface area contributed by atoms with Crippen LogP contribution in [0, 0.1) is 23.6 Å². The van der Waals surface area contributed by atoms with Crippen molar-refractivity contribution in [2.24, 2.45) is 17.8 Å². The van der Waals surface area contributed by atoms with E-state index < -0.39 is 0 Å². The van der Waals surface area contributed by atoms with E-state index in [2.05, 4.69) is 15.8 Å². The van der Waals surface area contributed by atoms with E-state index in [1.165, 1.54) is 12.1 Å². The van der Waals surface area contributed by atoms with Gasteiger partial charge in [0.05, 0.1) is 11.9 Å². The number of nitrogens with zero attached hydrogens (tertiary/aromatic N) is 2. The van der Waals surface area contributed by atoms with E-state index in [9.17, 15) is 14.0 Å². The van der Waals surface area contributed by atoms with Crippen molar-refractivity contribution >= 4 is 17.4 Å². The molecule has 2 aromatic carbocycles. The molecule has 2 atom stereocenters. The fraction of sp³-hybridized carbons (Fsp3) is 0.407. The number of likely N-dealkylation sites (tertiary alicyclic amines) is 1. The molecule has 35 heavy (non-hydrogen) atoms. The smallest absolute Gasteiger partial charge is 0.251 e. The van der Waals surface area contributed by atoms with Crippen molar-refractivity contribution in [1.82, 2.24) is 15.8 Å². The number of piperidine rings is 1. The van der Waals surface area contributed by atoms with E-state index in [4.69, 9.17) is 4.84 Å². The van der Waals surface area contributed by atoms with Crippen molar-refractivity contribution in [3.63, 3.8) is 0 Å². The molecular weight excluding hydrogens is 447 g/mol. The van der Waals surface area contributed by atoms with E-state index in [1.54, 1.807) is 17.1 Å². The number of hydrazine groups is 1. The molecule has 0 aromatic heterocycles. The van der Waals surface area contributed by atoms with Crippen molar-refractivity contribution in [2.75, 3.05) is 31.2 Å². The highest BCUT2D eigenvalue weighted by molar-refractivity contribution is 5.98. The Morgan fingerprint density at radius 1 is 1.09 bits per heavy atom. The Bertz CT molecular complexity index is 1110. The number of carbonyl (C=O) groups excluding carboxylic acids is 2. The number of anilines is 1. The van der Waals surface area contributed by atoms with Crippen LogP contribution in [-0.4, -0.2) is 42.8 Å². The van der Waals surface area contributed by atoms with Crippen LogP contribution in [0.2, 0.25) is 0 Å². The average Bonchev–Trinajstić information content (AvgIpc) is 3.47. The Labute approximate surface area is 204 Å². The van der Waals surface area contributed by atoms with Crippen molar-refractivity contribution < 1.29 is 18.8 Å². The molecule has 2 aliphatic heterocycles. The molecule has 8 heteroatoms. The minimum atomic E-state index is -0.318. The molecule has 0 spiro atoms. The van der Waals surface area contributed by atoms with Gasteiger partial charge in [0, 0.05) is 30.1 Å². The molecule has 0 bridgehead atoms. The third kappa shape index (κ3) is 5.71. The largest absolute Gasteiger partial charge is 0.392 e. The molecule has 2 heterocycles. The Balaban J connectivity index is 1.04. The fourth-order valence-electron chi connectivity index (χ4n) is 4.95. The van der Waals surface area contributed by atoms with E-state index in [1.807, 2.05) is 37.4 Å². The van der Waals surface area contributed by atoms with Crippen LogP contribution in [0.5, 0.6) is 0 Å². The fourth-order valence-corrected chi connectivity index (χ4v) is 4.95. The lowest BCUT2D eigenvalue weighted by Crippen LogP contribution is -2.38. The number of amides is 1. The lowest BCUT2D eigenvalue weighted by Gasteiger charge is -2.31. The first kappa shape index (κ1) is 23.5. The number of carbonyl (C=O) groups is 2. The number of ketones is 1. The van der Waals surface area contributed by atoms with Crippen LogP contribution in [0.1, 0.15) is 46.9 Å². The van der Waals surface area contributed by atoms with Crippen molar-refractivity contribution in [3.8, 4) is 0 Å². The lowest BCUT2D eigenvalue weighted by molar-refractivity contribution is 0.0835. The zero-order chi connectivity index (χ0) is 24.4. The summed E-state index contributed by atoms with van der Waals surface area (Å²) in [6, 6.07) is 13.3. The lowest BCUT2D eigenvalue weighted by atomic mass is 9.89. The van der Waals surface area contributed by atoms with Gasteiger partial charge in [-0.1, -0.05) is 11.7 Å². The monoisotopic (exact) mass is 478 g/mol. The molecular formula is C27H31FN4O3. The molecule has 0 radical (unpaired) electrons. The highest BCUT2D eigenvalue weighted by atomic mass is 19.1. The molecule has 1 saturated heterocycles. The second kappa shape index (κ2) is 10.2. The number of benzene rings is 2. The summed E-state index contributed by atoms with van der Waals surface area (Å²) in [4.78, 5) is 33.0. The molecule has 7 nitrogen and oxygen atoms in total. The SMILES string of the molecule is CC1=CN(c2cccc(C(=O)NC[C@@H]3C[C@H]3CN3CCC(C(=O)c4ccc(F)cc4)CC3)c2)NO1. The van der Waals surface area contributed by atoms with Crippen LogP contribution in [0.4, 0.5) is 10.1 Å². The maximum atomic E-state index is 13.1. The molecule has 0 unspecified atom stereocenters. The molecule has 184 valence electrons. The van der Waals surface area contributed by atoms with E-state index >= 15 is 0 Å². The van der Waals surface area contributed by atoms with Gasteiger partial charge in [0.25, 0.3) is 5.91 Å². The van der Waals surface area contributed by atoms with Crippen LogP contribution in [-0.2, 0) is 4.84 Å². The quantitative estimate of drug-likeness (QED) is 0.561. The first-order chi connectivity index (χ1) is 17.0. The van der Waals surface area contributed by atoms with E-state index in [-0.39, 0.29) is 23.4 Å². The molecule has 2 fully saturated rings. The summed E-state index contributed by atoms with van der Waals surface area (Å²) in [5, 5.41) is 4.82. The molecule has 1 saturated carbocycles. The van der Waals surface area contributed by atoms with Gasteiger partial charge in [-0.3, -0.25) is 9.59 Å². The summed E-state index contributed by atoms with van der Waals surface area (Å²) < 4.78 is 13.1. The second-order valence-electron chi connectivity index (χ2n) is 9.77. The van der Waals surface area contributed by atoms with Gasteiger partial charge in [-0.15, -0.1) is 0 Å². The predicted octanol–water partition coefficient (Wildman–Crippen LogP) is 3.90. The van der Waals surface area contributed by atoms with Gasteiger partial charge in [-0.25, -0.2) is 9.40 Å². The van der Waals surface area contributed by atoms with Crippen LogP contribution >= 0.6 is 0 Å². The molecule has 3 aliphatic rings. The Morgan fingerprint density at radius 3 is 2.57 bits per heavy atom. The van der Waals surface area contributed by atoms with Gasteiger partial charge in [0.2, 0.25) is 0 Å². The highest BCUT2D eigenvalue weighted by Gasteiger charge is 2.39. The number of halogens is 1. The van der Waals surface area contributed by atoms with Gasteiger partial charge < -0.3 is 15.1 Å². The molecule has 2 N–H and O–H groups in total. The van der Waals surface area contributed by atoms with E-state index in [0.29, 0.717) is 29.5 Å². The number of hydrogen-bond donors (Lipinski definition) is 2. The molecule has 2 aromatic rings. The molecule has 5 rings (SSSR count). The van der Waals surface area contributed by atoms with Gasteiger partial charge in [0.15, 0.2) is 5.78 Å². The van der Waals surface area contributed by atoms with Crippen LogP contribution in [0.25, 0.3) is 0 Å². The number of allylic oxidation sites excluding steroid dienone is 1. The first-order valence-electron chi connectivity index (χ1n) is 12.3. The van der Waals surface area contributed by atoms with Crippen molar-refractivity contribution in [2.45, 2.75) is 26.2 Å². The Kier molecular flexibility index (Phi) is 6.83. The normalized spacial score (nSPS) is 22.5. The van der Waals surface area contributed by atoms with Gasteiger partial charge in [0.1, 0.15) is 11.6 Å². The predicted molar refractivity (Wildman–Crippen MR) is 131 cm³/mol. The zero-order valence-corrected chi connectivity index (χ0v) is 19.9. The topological polar surface area (TPSA) is 73.9 Å². The number of rotatable bonds is 8. The first-order valence-corrected chi connectivity index (χ1v) is 12.3.